The first-order chi connectivity index (χ1) is 19.1. The minimum Gasteiger partial charge on any atom is -0.380 e. The summed E-state index contributed by atoms with van der Waals surface area (Å²) in [4.78, 5) is 65.2. The fourth-order valence-electron chi connectivity index (χ4n) is 5.97. The molecule has 2 saturated heterocycles. The number of amides is 5. The molecule has 3 aliphatic heterocycles. The van der Waals surface area contributed by atoms with E-state index in [1.165, 1.54) is 6.07 Å². The van der Waals surface area contributed by atoms with E-state index in [9.17, 15) is 32.8 Å². The van der Waals surface area contributed by atoms with Gasteiger partial charge in [0.15, 0.2) is 0 Å². The van der Waals surface area contributed by atoms with E-state index in [4.69, 9.17) is 0 Å². The number of carbonyl (C=O) groups excluding carboxylic acids is 5. The van der Waals surface area contributed by atoms with Crippen molar-refractivity contribution < 1.29 is 32.8 Å². The molecule has 1 aromatic heterocycles. The first-order valence-electron chi connectivity index (χ1n) is 13.4. The fraction of sp³-hybridized carbons (Fsp3) is 0.481. The van der Waals surface area contributed by atoms with Crippen molar-refractivity contribution in [3.63, 3.8) is 0 Å². The molecular weight excluding hydrogens is 526 g/mol. The summed E-state index contributed by atoms with van der Waals surface area (Å²) in [5.74, 6) is -5.72. The standard InChI is InChI=1S/C27H28F2N6O5/c28-27(29)10-16(11-27)24(38)33-8-6-17(7-9-33)34-14-15(13-31-34)12-30-19-3-1-2-18-22(19)26(40)35(25(18)39)20-4-5-21(36)32-23(20)37/h1-3,13-14,16-17,20,30H,4-12H2,(H,32,36,37). The highest BCUT2D eigenvalue weighted by Gasteiger charge is 2.50. The monoisotopic (exact) mass is 554 g/mol. The molecular formula is C27H28F2N6O5. The van der Waals surface area contributed by atoms with Crippen LogP contribution in [0.25, 0.3) is 0 Å². The van der Waals surface area contributed by atoms with Gasteiger partial charge in [0, 0.05) is 62.3 Å². The van der Waals surface area contributed by atoms with E-state index in [-0.39, 0.29) is 48.8 Å². The molecule has 2 aromatic rings. The maximum absolute atomic E-state index is 13.3. The third-order valence-corrected chi connectivity index (χ3v) is 8.20. The number of imide groups is 2. The summed E-state index contributed by atoms with van der Waals surface area (Å²) in [5.41, 5.74) is 1.67. The van der Waals surface area contributed by atoms with E-state index in [1.54, 1.807) is 23.2 Å². The Kier molecular flexibility index (Phi) is 6.38. The molecule has 4 heterocycles. The predicted molar refractivity (Wildman–Crippen MR) is 135 cm³/mol. The summed E-state index contributed by atoms with van der Waals surface area (Å²) < 4.78 is 28.1. The topological polar surface area (TPSA) is 134 Å². The summed E-state index contributed by atoms with van der Waals surface area (Å²) in [7, 11) is 0. The quantitative estimate of drug-likeness (QED) is 0.523. The zero-order chi connectivity index (χ0) is 28.2. The minimum atomic E-state index is -2.71. The highest BCUT2D eigenvalue weighted by molar-refractivity contribution is 6.25. The molecule has 40 heavy (non-hydrogen) atoms. The molecule has 13 heteroatoms. The van der Waals surface area contributed by atoms with Crippen molar-refractivity contribution in [3.05, 3.63) is 47.3 Å². The van der Waals surface area contributed by atoms with Gasteiger partial charge >= 0.3 is 0 Å². The molecule has 5 amide bonds. The van der Waals surface area contributed by atoms with Gasteiger partial charge in [0.2, 0.25) is 23.6 Å². The molecule has 1 aromatic carbocycles. The van der Waals surface area contributed by atoms with E-state index in [2.05, 4.69) is 15.7 Å². The van der Waals surface area contributed by atoms with Crippen LogP contribution in [-0.2, 0) is 20.9 Å². The van der Waals surface area contributed by atoms with E-state index in [1.807, 2.05) is 10.9 Å². The second kappa shape index (κ2) is 9.79. The minimum absolute atomic E-state index is 0.0493. The number of likely N-dealkylation sites (tertiary alicyclic amines) is 1. The van der Waals surface area contributed by atoms with Crippen LogP contribution in [0.4, 0.5) is 14.5 Å². The van der Waals surface area contributed by atoms with Crippen molar-refractivity contribution >= 4 is 35.2 Å². The van der Waals surface area contributed by atoms with Crippen molar-refractivity contribution in [3.8, 4) is 0 Å². The average Bonchev–Trinajstić information content (AvgIpc) is 3.49. The number of nitrogens with one attached hydrogen (secondary N) is 2. The number of hydrogen-bond donors (Lipinski definition) is 2. The summed E-state index contributed by atoms with van der Waals surface area (Å²) in [6, 6.07) is 3.92. The van der Waals surface area contributed by atoms with E-state index < -0.39 is 41.5 Å². The number of anilines is 1. The molecule has 3 fully saturated rings. The smallest absolute Gasteiger partial charge is 0.264 e. The van der Waals surface area contributed by atoms with Gasteiger partial charge in [0.1, 0.15) is 6.04 Å². The Bertz CT molecular complexity index is 1410. The lowest BCUT2D eigenvalue weighted by molar-refractivity contribution is -0.160. The SMILES string of the molecule is O=C1CCC(N2C(=O)c3cccc(NCc4cnn(C5CCN(C(=O)C6CC(F)(F)C6)CC5)c4)c3C2=O)C(=O)N1. The highest BCUT2D eigenvalue weighted by Crippen LogP contribution is 2.43. The normalized spacial score (nSPS) is 23.2. The zero-order valence-electron chi connectivity index (χ0n) is 21.6. The number of alkyl halides is 2. The predicted octanol–water partition coefficient (Wildman–Crippen LogP) is 2.11. The Balaban J connectivity index is 1.07. The molecule has 0 radical (unpaired) electrons. The van der Waals surface area contributed by atoms with Crippen molar-refractivity contribution in [2.24, 2.45) is 5.92 Å². The van der Waals surface area contributed by atoms with Crippen LogP contribution in [-0.4, -0.2) is 74.2 Å². The number of carbonyl (C=O) groups is 5. The molecule has 0 spiro atoms. The van der Waals surface area contributed by atoms with Crippen LogP contribution in [0.1, 0.15) is 70.8 Å². The van der Waals surface area contributed by atoms with E-state index in [0.717, 1.165) is 10.5 Å². The lowest BCUT2D eigenvalue weighted by Crippen LogP contribution is -2.54. The van der Waals surface area contributed by atoms with Gasteiger partial charge in [0.05, 0.1) is 23.4 Å². The summed E-state index contributed by atoms with van der Waals surface area (Å²) in [6.45, 7) is 1.31. The van der Waals surface area contributed by atoms with Crippen LogP contribution in [0.15, 0.2) is 30.6 Å². The first-order valence-corrected chi connectivity index (χ1v) is 13.4. The molecule has 0 bridgehead atoms. The molecule has 11 nitrogen and oxygen atoms in total. The number of rotatable bonds is 6. The number of halogens is 2. The van der Waals surface area contributed by atoms with Crippen LogP contribution >= 0.6 is 0 Å². The van der Waals surface area contributed by atoms with Gasteiger partial charge in [-0.3, -0.25) is 38.9 Å². The van der Waals surface area contributed by atoms with Gasteiger partial charge in [-0.15, -0.1) is 0 Å². The number of piperidine rings is 2. The van der Waals surface area contributed by atoms with Crippen molar-refractivity contribution in [2.45, 2.75) is 63.1 Å². The van der Waals surface area contributed by atoms with Gasteiger partial charge in [-0.05, 0) is 31.4 Å². The van der Waals surface area contributed by atoms with Gasteiger partial charge in [-0.1, -0.05) is 6.07 Å². The van der Waals surface area contributed by atoms with Crippen molar-refractivity contribution in [1.82, 2.24) is 24.9 Å². The largest absolute Gasteiger partial charge is 0.380 e. The number of fused-ring (bicyclic) bond motifs is 1. The Hall–Kier alpha value is -4.16. The lowest BCUT2D eigenvalue weighted by atomic mass is 9.80. The van der Waals surface area contributed by atoms with Crippen LogP contribution in [0.5, 0.6) is 0 Å². The van der Waals surface area contributed by atoms with Crippen LogP contribution in [0.2, 0.25) is 0 Å². The van der Waals surface area contributed by atoms with Gasteiger partial charge in [-0.25, -0.2) is 8.78 Å². The second-order valence-corrected chi connectivity index (χ2v) is 10.9. The second-order valence-electron chi connectivity index (χ2n) is 10.9. The molecule has 1 atom stereocenters. The number of benzene rings is 1. The van der Waals surface area contributed by atoms with Gasteiger partial charge in [0.25, 0.3) is 11.8 Å². The third kappa shape index (κ3) is 4.62. The van der Waals surface area contributed by atoms with Gasteiger partial charge < -0.3 is 10.2 Å². The highest BCUT2D eigenvalue weighted by atomic mass is 19.3. The molecule has 210 valence electrons. The Morgan fingerprint density at radius 1 is 1.07 bits per heavy atom. The maximum atomic E-state index is 13.3. The Morgan fingerprint density at radius 2 is 1.82 bits per heavy atom. The van der Waals surface area contributed by atoms with Gasteiger partial charge in [-0.2, -0.15) is 5.10 Å². The van der Waals surface area contributed by atoms with Crippen molar-refractivity contribution in [2.75, 3.05) is 18.4 Å². The molecule has 6 rings (SSSR count). The number of aromatic nitrogens is 2. The number of hydrogen-bond acceptors (Lipinski definition) is 7. The third-order valence-electron chi connectivity index (χ3n) is 8.20. The van der Waals surface area contributed by atoms with E-state index in [0.29, 0.717) is 38.2 Å². The lowest BCUT2D eigenvalue weighted by Gasteiger charge is -2.39. The Labute approximate surface area is 227 Å². The molecule has 4 aliphatic rings. The zero-order valence-corrected chi connectivity index (χ0v) is 21.6. The Morgan fingerprint density at radius 3 is 2.52 bits per heavy atom. The summed E-state index contributed by atoms with van der Waals surface area (Å²) in [5, 5.41) is 9.86. The molecule has 1 unspecified atom stereocenters. The molecule has 1 aliphatic carbocycles. The van der Waals surface area contributed by atoms with Crippen LogP contribution in [0, 0.1) is 5.92 Å². The fourth-order valence-corrected chi connectivity index (χ4v) is 5.97. The summed E-state index contributed by atoms with van der Waals surface area (Å²) >= 11 is 0. The first kappa shape index (κ1) is 26.1. The number of nitrogens with zero attached hydrogens (tertiary/aromatic N) is 4. The van der Waals surface area contributed by atoms with Crippen LogP contribution < -0.4 is 10.6 Å². The van der Waals surface area contributed by atoms with E-state index >= 15 is 0 Å². The van der Waals surface area contributed by atoms with Crippen molar-refractivity contribution in [1.29, 1.82) is 0 Å². The molecule has 1 saturated carbocycles. The summed E-state index contributed by atoms with van der Waals surface area (Å²) in [6.07, 6.45) is 4.33. The molecule has 2 N–H and O–H groups in total. The van der Waals surface area contributed by atoms with Crippen LogP contribution in [0.3, 0.4) is 0 Å². The maximum Gasteiger partial charge on any atom is 0.264 e. The average molecular weight is 555 g/mol.